The van der Waals surface area contributed by atoms with Crippen LogP contribution in [-0.4, -0.2) is 25.1 Å². The van der Waals surface area contributed by atoms with Crippen molar-refractivity contribution in [1.29, 1.82) is 0 Å². The molecule has 1 amide bonds. The van der Waals surface area contributed by atoms with Gasteiger partial charge in [0.2, 0.25) is 5.76 Å². The number of carbonyl (C=O) groups excluding carboxylic acids is 2. The van der Waals surface area contributed by atoms with Crippen LogP contribution in [-0.2, 0) is 4.74 Å². The highest BCUT2D eigenvalue weighted by Gasteiger charge is 2.43. The Kier molecular flexibility index (Phi) is 6.96. The summed E-state index contributed by atoms with van der Waals surface area (Å²) in [5, 5.41) is 0.0522. The van der Waals surface area contributed by atoms with Crippen molar-refractivity contribution in [3.05, 3.63) is 105 Å². The molecule has 1 aliphatic rings. The maximum absolute atomic E-state index is 14.1. The molecule has 4 aromatic rings. The quantitative estimate of drug-likeness (QED) is 0.210. The van der Waals surface area contributed by atoms with E-state index in [1.54, 1.807) is 49.4 Å². The highest BCUT2D eigenvalue weighted by molar-refractivity contribution is 6.10. The van der Waals surface area contributed by atoms with E-state index in [1.165, 1.54) is 17.0 Å². The van der Waals surface area contributed by atoms with Crippen molar-refractivity contribution in [2.45, 2.75) is 32.7 Å². The standard InChI is InChI=1S/C30H26FNO6/c1-3-5-15-37-22-8-6-7-19(16-22)26-25-27(33)23-17-20(31)11-14-24(23)38-28(25)29(34)32(26)21-12-9-18(10-13-21)30(35)36-4-2/h6-14,16-17,26H,3-5,15H2,1-2H3. The van der Waals surface area contributed by atoms with Crippen molar-refractivity contribution < 1.29 is 27.9 Å². The van der Waals surface area contributed by atoms with Crippen LogP contribution in [0.1, 0.15) is 64.8 Å². The second-order valence-corrected chi connectivity index (χ2v) is 8.93. The first kappa shape index (κ1) is 25.2. The van der Waals surface area contributed by atoms with Crippen LogP contribution in [0.15, 0.2) is 75.9 Å². The van der Waals surface area contributed by atoms with Crippen molar-refractivity contribution in [2.24, 2.45) is 0 Å². The lowest BCUT2D eigenvalue weighted by Gasteiger charge is -2.25. The van der Waals surface area contributed by atoms with E-state index in [2.05, 4.69) is 6.92 Å². The lowest BCUT2D eigenvalue weighted by molar-refractivity contribution is 0.0526. The molecule has 0 saturated heterocycles. The Bertz CT molecular complexity index is 1580. The number of hydrogen-bond donors (Lipinski definition) is 0. The minimum absolute atomic E-state index is 0.0522. The average molecular weight is 516 g/mol. The Balaban J connectivity index is 1.66. The van der Waals surface area contributed by atoms with E-state index < -0.39 is 29.2 Å². The smallest absolute Gasteiger partial charge is 0.338 e. The third kappa shape index (κ3) is 4.53. The molecule has 8 heteroatoms. The first-order valence-corrected chi connectivity index (χ1v) is 12.5. The minimum atomic E-state index is -0.857. The Hall–Kier alpha value is -4.46. The zero-order valence-corrected chi connectivity index (χ0v) is 21.0. The number of unbranched alkanes of at least 4 members (excludes halogenated alkanes) is 1. The molecule has 0 aliphatic carbocycles. The lowest BCUT2D eigenvalue weighted by Crippen LogP contribution is -2.29. The van der Waals surface area contributed by atoms with E-state index in [-0.39, 0.29) is 28.9 Å². The summed E-state index contributed by atoms with van der Waals surface area (Å²) >= 11 is 0. The third-order valence-electron chi connectivity index (χ3n) is 6.43. The Morgan fingerprint density at radius 2 is 1.82 bits per heavy atom. The van der Waals surface area contributed by atoms with E-state index in [4.69, 9.17) is 13.9 Å². The molecule has 0 fully saturated rings. The highest BCUT2D eigenvalue weighted by atomic mass is 19.1. The molecule has 3 aromatic carbocycles. The number of nitrogens with zero attached hydrogens (tertiary/aromatic N) is 1. The van der Waals surface area contributed by atoms with Gasteiger partial charge >= 0.3 is 5.97 Å². The summed E-state index contributed by atoms with van der Waals surface area (Å²) < 4.78 is 30.9. The lowest BCUT2D eigenvalue weighted by atomic mass is 9.98. The topological polar surface area (TPSA) is 86.0 Å². The molecule has 38 heavy (non-hydrogen) atoms. The summed E-state index contributed by atoms with van der Waals surface area (Å²) in [4.78, 5) is 41.1. The summed E-state index contributed by atoms with van der Waals surface area (Å²) in [5.74, 6) is -1.08. The monoisotopic (exact) mass is 515 g/mol. The Labute approximate surface area is 218 Å². The van der Waals surface area contributed by atoms with E-state index >= 15 is 0 Å². The maximum atomic E-state index is 14.1. The van der Waals surface area contributed by atoms with Crippen LogP contribution < -0.4 is 15.1 Å². The normalized spacial score (nSPS) is 14.6. The van der Waals surface area contributed by atoms with Gasteiger partial charge in [-0.1, -0.05) is 25.5 Å². The number of halogens is 1. The molecule has 194 valence electrons. The number of fused-ring (bicyclic) bond motifs is 2. The van der Waals surface area contributed by atoms with E-state index in [9.17, 15) is 18.8 Å². The Morgan fingerprint density at radius 1 is 1.03 bits per heavy atom. The van der Waals surface area contributed by atoms with Crippen molar-refractivity contribution in [2.75, 3.05) is 18.1 Å². The molecule has 0 bridgehead atoms. The molecule has 1 aromatic heterocycles. The van der Waals surface area contributed by atoms with Gasteiger partial charge in [0, 0.05) is 5.69 Å². The van der Waals surface area contributed by atoms with Crippen LogP contribution in [0.5, 0.6) is 5.75 Å². The molecular weight excluding hydrogens is 489 g/mol. The number of carbonyl (C=O) groups is 2. The number of esters is 1. The van der Waals surface area contributed by atoms with E-state index in [0.29, 0.717) is 29.2 Å². The fourth-order valence-corrected chi connectivity index (χ4v) is 4.61. The summed E-state index contributed by atoms with van der Waals surface area (Å²) in [6.45, 7) is 4.56. The number of hydrogen-bond acceptors (Lipinski definition) is 6. The molecule has 2 heterocycles. The predicted octanol–water partition coefficient (Wildman–Crippen LogP) is 6.04. The van der Waals surface area contributed by atoms with Gasteiger partial charge in [-0.15, -0.1) is 0 Å². The SMILES string of the molecule is CCCCOc1cccc(C2c3c(oc4ccc(F)cc4c3=O)C(=O)N2c2ccc(C(=O)OCC)cc2)c1. The van der Waals surface area contributed by atoms with E-state index in [0.717, 1.165) is 18.9 Å². The molecular formula is C30H26FNO6. The molecule has 0 saturated carbocycles. The van der Waals surface area contributed by atoms with Crippen LogP contribution in [0.3, 0.4) is 0 Å². The van der Waals surface area contributed by atoms with Crippen LogP contribution in [0.2, 0.25) is 0 Å². The second-order valence-electron chi connectivity index (χ2n) is 8.93. The van der Waals surface area contributed by atoms with Crippen LogP contribution in [0.25, 0.3) is 11.0 Å². The first-order chi connectivity index (χ1) is 18.4. The molecule has 0 N–H and O–H groups in total. The summed E-state index contributed by atoms with van der Waals surface area (Å²) in [5.41, 5.74) is 1.17. The van der Waals surface area contributed by atoms with Crippen molar-refractivity contribution in [1.82, 2.24) is 0 Å². The second kappa shape index (κ2) is 10.5. The minimum Gasteiger partial charge on any atom is -0.494 e. The highest BCUT2D eigenvalue weighted by Crippen LogP contribution is 2.42. The fourth-order valence-electron chi connectivity index (χ4n) is 4.61. The Morgan fingerprint density at radius 3 is 2.55 bits per heavy atom. The number of benzene rings is 3. The number of ether oxygens (including phenoxy) is 2. The largest absolute Gasteiger partial charge is 0.494 e. The van der Waals surface area contributed by atoms with Crippen LogP contribution >= 0.6 is 0 Å². The van der Waals surface area contributed by atoms with Gasteiger partial charge in [-0.3, -0.25) is 14.5 Å². The van der Waals surface area contributed by atoms with Gasteiger partial charge in [0.05, 0.1) is 35.8 Å². The van der Waals surface area contributed by atoms with Gasteiger partial charge in [0.1, 0.15) is 17.1 Å². The molecule has 5 rings (SSSR count). The van der Waals surface area contributed by atoms with E-state index in [1.807, 2.05) is 6.07 Å². The summed E-state index contributed by atoms with van der Waals surface area (Å²) in [6.07, 6.45) is 1.86. The van der Waals surface area contributed by atoms with Crippen molar-refractivity contribution in [3.63, 3.8) is 0 Å². The molecule has 1 unspecified atom stereocenters. The van der Waals surface area contributed by atoms with Gasteiger partial charge in [0.25, 0.3) is 5.91 Å². The average Bonchev–Trinajstić information content (AvgIpc) is 3.22. The summed E-state index contributed by atoms with van der Waals surface area (Å²) in [6, 6.07) is 16.3. The van der Waals surface area contributed by atoms with Gasteiger partial charge in [-0.2, -0.15) is 0 Å². The molecule has 0 radical (unpaired) electrons. The number of rotatable bonds is 8. The third-order valence-corrected chi connectivity index (χ3v) is 6.43. The molecule has 1 atom stereocenters. The number of amides is 1. The van der Waals surface area contributed by atoms with Gasteiger partial charge in [-0.05, 0) is 73.5 Å². The molecule has 7 nitrogen and oxygen atoms in total. The van der Waals surface area contributed by atoms with Gasteiger partial charge in [-0.25, -0.2) is 9.18 Å². The van der Waals surface area contributed by atoms with Crippen LogP contribution in [0, 0.1) is 5.82 Å². The number of anilines is 1. The predicted molar refractivity (Wildman–Crippen MR) is 140 cm³/mol. The van der Waals surface area contributed by atoms with Crippen molar-refractivity contribution in [3.8, 4) is 5.75 Å². The van der Waals surface area contributed by atoms with Crippen molar-refractivity contribution >= 4 is 28.5 Å². The maximum Gasteiger partial charge on any atom is 0.338 e. The first-order valence-electron chi connectivity index (χ1n) is 12.5. The van der Waals surface area contributed by atoms with Gasteiger partial charge < -0.3 is 13.9 Å². The zero-order valence-electron chi connectivity index (χ0n) is 21.0. The molecule has 0 spiro atoms. The fraction of sp³-hybridized carbons (Fsp3) is 0.233. The summed E-state index contributed by atoms with van der Waals surface area (Å²) in [7, 11) is 0. The van der Waals surface area contributed by atoms with Gasteiger partial charge in [0.15, 0.2) is 5.43 Å². The zero-order chi connectivity index (χ0) is 26.8. The molecule has 1 aliphatic heterocycles. The van der Waals surface area contributed by atoms with Crippen LogP contribution in [0.4, 0.5) is 10.1 Å².